The highest BCUT2D eigenvalue weighted by Gasteiger charge is 2.33. The summed E-state index contributed by atoms with van der Waals surface area (Å²) in [6.45, 7) is 6.85. The van der Waals surface area contributed by atoms with Crippen LogP contribution in [0.3, 0.4) is 0 Å². The molecule has 3 nitrogen and oxygen atoms in total. The number of benzene rings is 1. The van der Waals surface area contributed by atoms with E-state index < -0.39 is 5.54 Å². The molecule has 1 aromatic rings. The molecule has 0 spiro atoms. The van der Waals surface area contributed by atoms with Crippen LogP contribution in [0.25, 0.3) is 0 Å². The van der Waals surface area contributed by atoms with E-state index in [0.717, 1.165) is 22.2 Å². The highest BCUT2D eigenvalue weighted by Crippen LogP contribution is 2.25. The van der Waals surface area contributed by atoms with Crippen LogP contribution in [0.4, 0.5) is 0 Å². The smallest absolute Gasteiger partial charge is 0.326 e. The fraction of sp³-hybridized carbons (Fsp3) is 0.533. The number of carbonyl (C=O) groups is 1. The Labute approximate surface area is 130 Å². The molecule has 0 saturated heterocycles. The van der Waals surface area contributed by atoms with Crippen LogP contribution in [-0.2, 0) is 9.53 Å². The number of nitrogens with one attached hydrogen (secondary N) is 1. The van der Waals surface area contributed by atoms with Gasteiger partial charge in [0.05, 0.1) is 6.61 Å². The number of esters is 1. The molecule has 0 aliphatic carbocycles. The summed E-state index contributed by atoms with van der Waals surface area (Å²) in [5.74, 6) is 0.636. The van der Waals surface area contributed by atoms with Crippen LogP contribution in [0.2, 0.25) is 5.02 Å². The van der Waals surface area contributed by atoms with Gasteiger partial charge in [-0.05, 0) is 45.0 Å². The maximum absolute atomic E-state index is 12.0. The normalized spacial score (nSPS) is 13.8. The van der Waals surface area contributed by atoms with Crippen molar-refractivity contribution in [1.82, 2.24) is 5.32 Å². The molecule has 1 N–H and O–H groups in total. The van der Waals surface area contributed by atoms with Crippen LogP contribution in [-0.4, -0.2) is 30.4 Å². The maximum Gasteiger partial charge on any atom is 0.326 e. The highest BCUT2D eigenvalue weighted by molar-refractivity contribution is 7.99. The first-order chi connectivity index (χ1) is 9.51. The fourth-order valence-electron chi connectivity index (χ4n) is 1.87. The molecule has 0 saturated carbocycles. The molecule has 1 unspecified atom stereocenters. The third-order valence-electron chi connectivity index (χ3n) is 2.96. The van der Waals surface area contributed by atoms with Crippen molar-refractivity contribution in [3.05, 3.63) is 29.3 Å². The number of ether oxygens (including phenoxy) is 1. The number of rotatable bonds is 8. The van der Waals surface area contributed by atoms with E-state index in [1.54, 1.807) is 11.8 Å². The number of thioether (sulfide) groups is 1. The van der Waals surface area contributed by atoms with E-state index in [0.29, 0.717) is 13.0 Å². The first-order valence-corrected chi connectivity index (χ1v) is 8.18. The largest absolute Gasteiger partial charge is 0.465 e. The predicted octanol–water partition coefficient (Wildman–Crippen LogP) is 3.75. The minimum absolute atomic E-state index is 0.187. The van der Waals surface area contributed by atoms with Gasteiger partial charge in [0.1, 0.15) is 5.54 Å². The van der Waals surface area contributed by atoms with E-state index in [1.807, 2.05) is 45.0 Å². The predicted molar refractivity (Wildman–Crippen MR) is 85.5 cm³/mol. The Balaban J connectivity index is 2.56. The Hall–Kier alpha value is -0.710. The van der Waals surface area contributed by atoms with Gasteiger partial charge in [-0.25, -0.2) is 0 Å². The summed E-state index contributed by atoms with van der Waals surface area (Å²) in [6.07, 6.45) is 0.705. The topological polar surface area (TPSA) is 38.3 Å². The maximum atomic E-state index is 12.0. The molecular formula is C15H22ClNO2S. The summed E-state index contributed by atoms with van der Waals surface area (Å²) in [5, 5.41) is 3.96. The van der Waals surface area contributed by atoms with Crippen molar-refractivity contribution in [2.75, 3.05) is 18.9 Å². The van der Waals surface area contributed by atoms with Gasteiger partial charge in [-0.2, -0.15) is 0 Å². The first kappa shape index (κ1) is 17.3. The minimum Gasteiger partial charge on any atom is -0.465 e. The molecular weight excluding hydrogens is 294 g/mol. The second-order valence-corrected chi connectivity index (χ2v) is 6.24. The number of hydrogen-bond donors (Lipinski definition) is 1. The molecule has 0 fully saturated rings. The van der Waals surface area contributed by atoms with Crippen molar-refractivity contribution in [2.45, 2.75) is 37.6 Å². The van der Waals surface area contributed by atoms with Crippen LogP contribution >= 0.6 is 23.4 Å². The Morgan fingerprint density at radius 3 is 2.80 bits per heavy atom. The third-order valence-corrected chi connectivity index (χ3v) is 4.19. The molecule has 0 aliphatic rings. The summed E-state index contributed by atoms with van der Waals surface area (Å²) >= 11 is 7.65. The molecule has 1 rings (SSSR count). The summed E-state index contributed by atoms with van der Waals surface area (Å²) in [6, 6.07) is 7.74. The molecule has 0 bridgehead atoms. The molecule has 20 heavy (non-hydrogen) atoms. The molecule has 0 aromatic heterocycles. The standard InChI is InChI=1S/C15H22ClNO2S/c1-4-17-15(3,14(18)19-5-2)9-10-20-13-8-6-7-12(16)11-13/h6-8,11,17H,4-5,9-10H2,1-3H3. The van der Waals surface area contributed by atoms with Gasteiger partial charge in [0.2, 0.25) is 0 Å². The number of carbonyl (C=O) groups excluding carboxylic acids is 1. The monoisotopic (exact) mass is 315 g/mol. The summed E-state index contributed by atoms with van der Waals surface area (Å²) < 4.78 is 5.15. The Kier molecular flexibility index (Phi) is 7.41. The van der Waals surface area contributed by atoms with Crippen molar-refractivity contribution >= 4 is 29.3 Å². The van der Waals surface area contributed by atoms with Gasteiger partial charge in [0, 0.05) is 15.7 Å². The van der Waals surface area contributed by atoms with E-state index in [-0.39, 0.29) is 5.97 Å². The molecule has 0 aliphatic heterocycles. The minimum atomic E-state index is -0.629. The van der Waals surface area contributed by atoms with E-state index >= 15 is 0 Å². The first-order valence-electron chi connectivity index (χ1n) is 6.82. The third kappa shape index (κ3) is 5.35. The molecule has 112 valence electrons. The Morgan fingerprint density at radius 1 is 1.45 bits per heavy atom. The number of hydrogen-bond acceptors (Lipinski definition) is 4. The van der Waals surface area contributed by atoms with Gasteiger partial charge in [0.15, 0.2) is 0 Å². The lowest BCUT2D eigenvalue weighted by Gasteiger charge is -2.27. The van der Waals surface area contributed by atoms with E-state index in [4.69, 9.17) is 16.3 Å². The van der Waals surface area contributed by atoms with Crippen molar-refractivity contribution in [3.63, 3.8) is 0 Å². The quantitative estimate of drug-likeness (QED) is 0.585. The second-order valence-electron chi connectivity index (χ2n) is 4.64. The molecule has 1 atom stereocenters. The SMILES string of the molecule is CCNC(C)(CCSc1cccc(Cl)c1)C(=O)OCC. The summed E-state index contributed by atoms with van der Waals surface area (Å²) in [5.41, 5.74) is -0.629. The van der Waals surface area contributed by atoms with E-state index in [2.05, 4.69) is 5.32 Å². The summed E-state index contributed by atoms with van der Waals surface area (Å²) in [4.78, 5) is 13.1. The lowest BCUT2D eigenvalue weighted by molar-refractivity contribution is -0.150. The van der Waals surface area contributed by atoms with Gasteiger partial charge in [-0.3, -0.25) is 4.79 Å². The second kappa shape index (κ2) is 8.55. The van der Waals surface area contributed by atoms with Gasteiger partial charge in [-0.15, -0.1) is 11.8 Å². The Morgan fingerprint density at radius 2 is 2.20 bits per heavy atom. The zero-order chi connectivity index (χ0) is 15.0. The lowest BCUT2D eigenvalue weighted by atomic mass is 9.99. The van der Waals surface area contributed by atoms with E-state index in [9.17, 15) is 4.79 Å². The average molecular weight is 316 g/mol. The van der Waals surface area contributed by atoms with Gasteiger partial charge in [0.25, 0.3) is 0 Å². The zero-order valence-corrected chi connectivity index (χ0v) is 13.8. The lowest BCUT2D eigenvalue weighted by Crippen LogP contribution is -2.50. The van der Waals surface area contributed by atoms with Crippen molar-refractivity contribution < 1.29 is 9.53 Å². The van der Waals surface area contributed by atoms with Crippen LogP contribution in [0, 0.1) is 0 Å². The molecule has 0 amide bonds. The van der Waals surface area contributed by atoms with Crippen molar-refractivity contribution in [3.8, 4) is 0 Å². The molecule has 0 radical (unpaired) electrons. The van der Waals surface area contributed by atoms with Crippen LogP contribution in [0.5, 0.6) is 0 Å². The van der Waals surface area contributed by atoms with Crippen LogP contribution < -0.4 is 5.32 Å². The number of halogens is 1. The van der Waals surface area contributed by atoms with Crippen molar-refractivity contribution in [1.29, 1.82) is 0 Å². The zero-order valence-electron chi connectivity index (χ0n) is 12.2. The fourth-order valence-corrected chi connectivity index (χ4v) is 3.26. The molecule has 0 heterocycles. The van der Waals surface area contributed by atoms with E-state index in [1.165, 1.54) is 0 Å². The molecule has 5 heteroatoms. The highest BCUT2D eigenvalue weighted by atomic mass is 35.5. The van der Waals surface area contributed by atoms with Crippen LogP contribution in [0.1, 0.15) is 27.2 Å². The van der Waals surface area contributed by atoms with Crippen LogP contribution in [0.15, 0.2) is 29.2 Å². The summed E-state index contributed by atoms with van der Waals surface area (Å²) in [7, 11) is 0. The average Bonchev–Trinajstić information content (AvgIpc) is 2.39. The van der Waals surface area contributed by atoms with Gasteiger partial charge in [-0.1, -0.05) is 24.6 Å². The molecule has 1 aromatic carbocycles. The van der Waals surface area contributed by atoms with Gasteiger partial charge < -0.3 is 10.1 Å². The Bertz CT molecular complexity index is 442. The number of likely N-dealkylation sites (N-methyl/N-ethyl adjacent to an activating group) is 1. The van der Waals surface area contributed by atoms with Crippen molar-refractivity contribution in [2.24, 2.45) is 0 Å². The van der Waals surface area contributed by atoms with Gasteiger partial charge >= 0.3 is 5.97 Å².